The molecule has 2 amide bonds. The van der Waals surface area contributed by atoms with E-state index in [1.165, 1.54) is 12.6 Å². The number of aromatic nitrogens is 1. The first-order chi connectivity index (χ1) is 12.1. The fourth-order valence-electron chi connectivity index (χ4n) is 2.97. The van der Waals surface area contributed by atoms with Crippen molar-refractivity contribution in [3.05, 3.63) is 57.0 Å². The molecule has 1 N–H and O–H groups in total. The van der Waals surface area contributed by atoms with E-state index < -0.39 is 11.0 Å². The first kappa shape index (κ1) is 17.3. The zero-order chi connectivity index (χ0) is 17.6. The summed E-state index contributed by atoms with van der Waals surface area (Å²) in [7, 11) is 0. The van der Waals surface area contributed by atoms with E-state index in [2.05, 4.69) is 10.3 Å². The number of amides is 2. The maximum absolute atomic E-state index is 12.2. The van der Waals surface area contributed by atoms with E-state index in [0.717, 1.165) is 42.6 Å². The van der Waals surface area contributed by atoms with Gasteiger partial charge >= 0.3 is 11.0 Å². The standard InChI is InChI=1S/C17H20N4O3S/c22-16(18-14-9-5-2-6-10-14)19-17-20(12-15(25-17)21(23)24)11-13-7-3-1-4-8-13/h1,3-4,7-8,12,14H,2,5-6,9-11H2,(H,18,22)/b19-17-. The first-order valence-electron chi connectivity index (χ1n) is 8.35. The molecule has 0 bridgehead atoms. The van der Waals surface area contributed by atoms with Crippen LogP contribution in [-0.2, 0) is 6.54 Å². The molecule has 132 valence electrons. The van der Waals surface area contributed by atoms with Gasteiger partial charge in [0.1, 0.15) is 0 Å². The van der Waals surface area contributed by atoms with Gasteiger partial charge in [-0.05, 0) is 29.7 Å². The van der Waals surface area contributed by atoms with Gasteiger partial charge in [0.15, 0.2) is 0 Å². The molecule has 1 heterocycles. The molecule has 1 aliphatic carbocycles. The summed E-state index contributed by atoms with van der Waals surface area (Å²) in [5.74, 6) is 0. The lowest BCUT2D eigenvalue weighted by Crippen LogP contribution is -2.35. The maximum atomic E-state index is 12.2. The smallest absolute Gasteiger partial charge is 0.333 e. The zero-order valence-electron chi connectivity index (χ0n) is 13.8. The van der Waals surface area contributed by atoms with E-state index in [4.69, 9.17) is 0 Å². The molecule has 0 atom stereocenters. The predicted molar refractivity (Wildman–Crippen MR) is 95.5 cm³/mol. The van der Waals surface area contributed by atoms with Gasteiger partial charge in [-0.1, -0.05) is 49.6 Å². The van der Waals surface area contributed by atoms with Crippen LogP contribution in [0.5, 0.6) is 0 Å². The minimum absolute atomic E-state index is 0.0276. The van der Waals surface area contributed by atoms with Crippen molar-refractivity contribution in [1.82, 2.24) is 9.88 Å². The van der Waals surface area contributed by atoms with E-state index in [0.29, 0.717) is 11.3 Å². The van der Waals surface area contributed by atoms with E-state index >= 15 is 0 Å². The number of urea groups is 1. The van der Waals surface area contributed by atoms with Gasteiger partial charge in [-0.25, -0.2) is 4.79 Å². The van der Waals surface area contributed by atoms with E-state index in [9.17, 15) is 14.9 Å². The highest BCUT2D eigenvalue weighted by atomic mass is 32.1. The minimum atomic E-state index is -0.454. The maximum Gasteiger partial charge on any atom is 0.343 e. The van der Waals surface area contributed by atoms with Gasteiger partial charge in [0.05, 0.1) is 17.7 Å². The number of hydrogen-bond acceptors (Lipinski definition) is 4. The molecule has 0 radical (unpaired) electrons. The first-order valence-corrected chi connectivity index (χ1v) is 9.17. The lowest BCUT2D eigenvalue weighted by Gasteiger charge is -2.21. The topological polar surface area (TPSA) is 89.5 Å². The van der Waals surface area contributed by atoms with Crippen LogP contribution in [0.2, 0.25) is 0 Å². The van der Waals surface area contributed by atoms with Crippen LogP contribution in [0.15, 0.2) is 41.5 Å². The Hall–Kier alpha value is -2.48. The van der Waals surface area contributed by atoms with Crippen LogP contribution in [0.25, 0.3) is 0 Å². The van der Waals surface area contributed by atoms with Crippen LogP contribution in [0.1, 0.15) is 37.7 Å². The monoisotopic (exact) mass is 360 g/mol. The summed E-state index contributed by atoms with van der Waals surface area (Å²) in [5.41, 5.74) is 0.990. The molecule has 8 heteroatoms. The summed E-state index contributed by atoms with van der Waals surface area (Å²) in [6.45, 7) is 0.431. The second-order valence-corrected chi connectivity index (χ2v) is 7.11. The average Bonchev–Trinajstić information content (AvgIpc) is 2.99. The van der Waals surface area contributed by atoms with Crippen molar-refractivity contribution in [1.29, 1.82) is 0 Å². The molecule has 1 fully saturated rings. The van der Waals surface area contributed by atoms with Gasteiger partial charge in [-0.15, -0.1) is 0 Å². The number of nitro groups is 1. The van der Waals surface area contributed by atoms with Gasteiger partial charge in [0.2, 0.25) is 4.80 Å². The van der Waals surface area contributed by atoms with Crippen LogP contribution in [0, 0.1) is 10.1 Å². The molecule has 1 aromatic carbocycles. The Labute approximate surface area is 149 Å². The number of benzene rings is 1. The molecule has 1 saturated carbocycles. The van der Waals surface area contributed by atoms with Crippen LogP contribution in [0.4, 0.5) is 9.80 Å². The second-order valence-electron chi connectivity index (χ2n) is 6.12. The van der Waals surface area contributed by atoms with Crippen molar-refractivity contribution >= 4 is 22.4 Å². The third-order valence-corrected chi connectivity index (χ3v) is 5.19. The molecule has 1 aromatic heterocycles. The normalized spacial score (nSPS) is 15.9. The molecule has 7 nitrogen and oxygen atoms in total. The molecule has 3 rings (SSSR count). The summed E-state index contributed by atoms with van der Waals surface area (Å²) < 4.78 is 1.65. The number of nitrogens with zero attached hydrogens (tertiary/aromatic N) is 3. The summed E-state index contributed by atoms with van der Waals surface area (Å²) in [6, 6.07) is 9.32. The highest BCUT2D eigenvalue weighted by Crippen LogP contribution is 2.18. The highest BCUT2D eigenvalue weighted by molar-refractivity contribution is 7.12. The molecule has 0 unspecified atom stereocenters. The van der Waals surface area contributed by atoms with Crippen LogP contribution in [-0.4, -0.2) is 21.6 Å². The molecule has 0 aliphatic heterocycles. The highest BCUT2D eigenvalue weighted by Gasteiger charge is 2.17. The Bertz CT molecular complexity index is 807. The molecule has 0 saturated heterocycles. The van der Waals surface area contributed by atoms with Crippen LogP contribution >= 0.6 is 11.3 Å². The lowest BCUT2D eigenvalue weighted by atomic mass is 9.96. The van der Waals surface area contributed by atoms with E-state index in [-0.39, 0.29) is 11.0 Å². The van der Waals surface area contributed by atoms with Gasteiger partial charge in [0, 0.05) is 6.04 Å². The molecule has 0 spiro atoms. The summed E-state index contributed by atoms with van der Waals surface area (Å²) in [5, 5.41) is 14.0. The third-order valence-electron chi connectivity index (χ3n) is 4.21. The van der Waals surface area contributed by atoms with Gasteiger partial charge in [-0.3, -0.25) is 10.1 Å². The van der Waals surface area contributed by atoms with E-state index in [1.54, 1.807) is 4.57 Å². The summed E-state index contributed by atoms with van der Waals surface area (Å²) >= 11 is 0.914. The third kappa shape index (κ3) is 4.76. The van der Waals surface area contributed by atoms with Crippen molar-refractivity contribution < 1.29 is 9.72 Å². The van der Waals surface area contributed by atoms with Crippen molar-refractivity contribution in [3.63, 3.8) is 0 Å². The number of carbonyl (C=O) groups is 1. The van der Waals surface area contributed by atoms with E-state index in [1.807, 2.05) is 30.3 Å². The Balaban J connectivity index is 1.82. The Kier molecular flexibility index (Phi) is 5.60. The number of rotatable bonds is 4. The summed E-state index contributed by atoms with van der Waals surface area (Å²) in [4.78, 5) is 27.3. The second kappa shape index (κ2) is 8.06. The zero-order valence-corrected chi connectivity index (χ0v) is 14.6. The van der Waals surface area contributed by atoms with Crippen molar-refractivity contribution in [2.45, 2.75) is 44.7 Å². The van der Waals surface area contributed by atoms with Crippen LogP contribution < -0.4 is 10.1 Å². The average molecular weight is 360 g/mol. The van der Waals surface area contributed by atoms with Crippen molar-refractivity contribution in [3.8, 4) is 0 Å². The fourth-order valence-corrected chi connectivity index (χ4v) is 3.78. The Morgan fingerprint density at radius 1 is 1.28 bits per heavy atom. The number of nitrogens with one attached hydrogen (secondary N) is 1. The molecule has 2 aromatic rings. The van der Waals surface area contributed by atoms with Crippen LogP contribution in [0.3, 0.4) is 0 Å². The Morgan fingerprint density at radius 2 is 2.00 bits per heavy atom. The van der Waals surface area contributed by atoms with Crippen molar-refractivity contribution in [2.75, 3.05) is 0 Å². The predicted octanol–water partition coefficient (Wildman–Crippen LogP) is 3.45. The molecular weight excluding hydrogens is 340 g/mol. The van der Waals surface area contributed by atoms with Gasteiger partial charge < -0.3 is 9.88 Å². The number of carbonyl (C=O) groups excluding carboxylic acids is 1. The minimum Gasteiger partial charge on any atom is -0.333 e. The molecular formula is C17H20N4O3S. The SMILES string of the molecule is O=C(/N=c1\sc([N+](=O)[O-])cn1Cc1ccccc1)NC1CCCCC1. The number of thiazole rings is 1. The quantitative estimate of drug-likeness (QED) is 0.669. The molecule has 1 aliphatic rings. The van der Waals surface area contributed by atoms with Crippen molar-refractivity contribution in [2.24, 2.45) is 4.99 Å². The lowest BCUT2D eigenvalue weighted by molar-refractivity contribution is -0.380. The summed E-state index contributed by atoms with van der Waals surface area (Å²) in [6.07, 6.45) is 6.81. The fraction of sp³-hybridized carbons (Fsp3) is 0.412. The number of hydrogen-bond donors (Lipinski definition) is 1. The Morgan fingerprint density at radius 3 is 2.68 bits per heavy atom. The van der Waals surface area contributed by atoms with Gasteiger partial charge in [-0.2, -0.15) is 4.99 Å². The largest absolute Gasteiger partial charge is 0.343 e. The van der Waals surface area contributed by atoms with Gasteiger partial charge in [0.25, 0.3) is 0 Å². The molecule has 25 heavy (non-hydrogen) atoms.